The van der Waals surface area contributed by atoms with Gasteiger partial charge in [0.15, 0.2) is 5.69 Å². The summed E-state index contributed by atoms with van der Waals surface area (Å²) < 4.78 is 15.0. The average Bonchev–Trinajstić information content (AvgIpc) is 3.10. The molecule has 1 fully saturated rings. The second kappa shape index (κ2) is 8.89. The lowest BCUT2D eigenvalue weighted by atomic mass is 9.84. The smallest absolute Gasteiger partial charge is 0.273 e. The zero-order valence-corrected chi connectivity index (χ0v) is 19.4. The van der Waals surface area contributed by atoms with Crippen LogP contribution < -0.4 is 11.1 Å². The van der Waals surface area contributed by atoms with Crippen molar-refractivity contribution < 1.29 is 18.8 Å². The van der Waals surface area contributed by atoms with Crippen molar-refractivity contribution in [2.24, 2.45) is 11.1 Å². The van der Waals surface area contributed by atoms with Crippen molar-refractivity contribution in [1.82, 2.24) is 20.0 Å². The number of hydrogen-bond donors (Lipinski definition) is 2. The van der Waals surface area contributed by atoms with Crippen molar-refractivity contribution in [3.8, 4) is 0 Å². The summed E-state index contributed by atoms with van der Waals surface area (Å²) in [4.78, 5) is 39.7. The van der Waals surface area contributed by atoms with Gasteiger partial charge in [0.25, 0.3) is 5.91 Å². The van der Waals surface area contributed by atoms with E-state index in [0.717, 1.165) is 11.1 Å². The van der Waals surface area contributed by atoms with Gasteiger partial charge in [-0.3, -0.25) is 19.1 Å². The van der Waals surface area contributed by atoms with Crippen LogP contribution in [0.15, 0.2) is 48.5 Å². The summed E-state index contributed by atoms with van der Waals surface area (Å²) in [6, 6.07) is 11.9. The van der Waals surface area contributed by atoms with Gasteiger partial charge in [-0.15, -0.1) is 0 Å². The molecule has 3 aromatic rings. The maximum Gasteiger partial charge on any atom is 0.273 e. The minimum absolute atomic E-state index is 0.190. The number of benzene rings is 2. The molecule has 3 N–H and O–H groups in total. The fraction of sp³-hybridized carbons (Fsp3) is 0.360. The average molecular weight is 466 g/mol. The highest BCUT2D eigenvalue weighted by molar-refractivity contribution is 6.06. The minimum atomic E-state index is -0.872. The Morgan fingerprint density at radius 1 is 1.15 bits per heavy atom. The topological polar surface area (TPSA) is 110 Å². The molecule has 2 atom stereocenters. The summed E-state index contributed by atoms with van der Waals surface area (Å²) in [6.07, 6.45) is 0.518. The Kier molecular flexibility index (Phi) is 6.12. The van der Waals surface area contributed by atoms with Crippen molar-refractivity contribution in [3.05, 3.63) is 65.6 Å². The number of carbonyl (C=O) groups excluding carboxylic acids is 3. The second-order valence-corrected chi connectivity index (χ2v) is 9.66. The van der Waals surface area contributed by atoms with Crippen LogP contribution in [0, 0.1) is 11.2 Å². The van der Waals surface area contributed by atoms with E-state index < -0.39 is 29.3 Å². The quantitative estimate of drug-likeness (QED) is 0.583. The molecule has 2 heterocycles. The molecule has 1 unspecified atom stereocenters. The van der Waals surface area contributed by atoms with Gasteiger partial charge in [-0.1, -0.05) is 51.1 Å². The molecule has 2 aromatic carbocycles. The van der Waals surface area contributed by atoms with E-state index in [1.165, 1.54) is 17.0 Å². The van der Waals surface area contributed by atoms with Crippen LogP contribution in [0.1, 0.15) is 43.2 Å². The number of nitrogens with one attached hydrogen (secondary N) is 1. The Balaban J connectivity index is 1.63. The molecule has 178 valence electrons. The molecule has 3 amide bonds. The highest BCUT2D eigenvalue weighted by Crippen LogP contribution is 2.27. The SMILES string of the molecule is CC(C)(C)C(NC(=O)c1nn(Cc2ccc(F)cc2)c2ccccc12)C(=O)N1CC[C@H]1C(N)=O. The van der Waals surface area contributed by atoms with E-state index in [2.05, 4.69) is 10.4 Å². The van der Waals surface area contributed by atoms with Crippen LogP contribution in [-0.4, -0.2) is 51.0 Å². The van der Waals surface area contributed by atoms with E-state index in [-0.39, 0.29) is 17.4 Å². The van der Waals surface area contributed by atoms with Crippen molar-refractivity contribution in [2.75, 3.05) is 6.54 Å². The first-order valence-electron chi connectivity index (χ1n) is 11.2. The number of halogens is 1. The van der Waals surface area contributed by atoms with Crippen molar-refractivity contribution >= 4 is 28.6 Å². The van der Waals surface area contributed by atoms with E-state index in [1.54, 1.807) is 22.9 Å². The predicted octanol–water partition coefficient (Wildman–Crippen LogP) is 2.45. The maximum atomic E-state index is 13.4. The van der Waals surface area contributed by atoms with Gasteiger partial charge in [-0.05, 0) is 35.6 Å². The highest BCUT2D eigenvalue weighted by Gasteiger charge is 2.43. The van der Waals surface area contributed by atoms with Gasteiger partial charge in [0, 0.05) is 11.9 Å². The molecule has 0 radical (unpaired) electrons. The third kappa shape index (κ3) is 4.50. The Hall–Kier alpha value is -3.75. The largest absolute Gasteiger partial charge is 0.368 e. The number of aromatic nitrogens is 2. The molecule has 1 saturated heterocycles. The third-order valence-electron chi connectivity index (χ3n) is 6.14. The third-order valence-corrected chi connectivity index (χ3v) is 6.14. The molecular weight excluding hydrogens is 437 g/mol. The number of hydrogen-bond acceptors (Lipinski definition) is 4. The monoisotopic (exact) mass is 465 g/mol. The van der Waals surface area contributed by atoms with Crippen molar-refractivity contribution in [2.45, 2.75) is 45.8 Å². The number of primary amides is 1. The first-order chi connectivity index (χ1) is 16.1. The van der Waals surface area contributed by atoms with Crippen LogP contribution in [0.3, 0.4) is 0 Å². The Bertz CT molecular complexity index is 1250. The fourth-order valence-corrected chi connectivity index (χ4v) is 4.14. The molecule has 4 rings (SSSR count). The summed E-state index contributed by atoms with van der Waals surface area (Å²) in [7, 11) is 0. The van der Waals surface area contributed by atoms with Gasteiger partial charge < -0.3 is 16.0 Å². The van der Waals surface area contributed by atoms with Crippen LogP contribution in [-0.2, 0) is 16.1 Å². The molecule has 1 aromatic heterocycles. The summed E-state index contributed by atoms with van der Waals surface area (Å²) in [6.45, 7) is 6.31. The minimum Gasteiger partial charge on any atom is -0.368 e. The number of likely N-dealkylation sites (tertiary alicyclic amines) is 1. The van der Waals surface area contributed by atoms with Gasteiger partial charge >= 0.3 is 0 Å². The van der Waals surface area contributed by atoms with Gasteiger partial charge in [0.05, 0.1) is 12.1 Å². The van der Waals surface area contributed by atoms with E-state index in [4.69, 9.17) is 5.73 Å². The maximum absolute atomic E-state index is 13.4. The number of amides is 3. The van der Waals surface area contributed by atoms with Crippen molar-refractivity contribution in [3.63, 3.8) is 0 Å². The first kappa shape index (κ1) is 23.4. The van der Waals surface area contributed by atoms with E-state index in [9.17, 15) is 18.8 Å². The van der Waals surface area contributed by atoms with E-state index in [1.807, 2.05) is 39.0 Å². The molecule has 0 aliphatic carbocycles. The predicted molar refractivity (Wildman–Crippen MR) is 125 cm³/mol. The number of nitrogens with two attached hydrogens (primary N) is 1. The number of fused-ring (bicyclic) bond motifs is 1. The standard InChI is InChI=1S/C25H28FN5O3/c1-25(2,3)21(24(34)30-13-12-19(30)22(27)32)28-23(33)20-17-6-4-5-7-18(17)31(29-20)14-15-8-10-16(26)11-9-15/h4-11,19,21H,12-14H2,1-3H3,(H2,27,32)(H,28,33)/t19-,21?/m0/s1. The molecule has 1 aliphatic heterocycles. The van der Waals surface area contributed by atoms with Crippen molar-refractivity contribution in [1.29, 1.82) is 0 Å². The number of para-hydroxylation sites is 1. The molecule has 0 spiro atoms. The van der Waals surface area contributed by atoms with E-state index >= 15 is 0 Å². The Labute approximate surface area is 196 Å². The molecule has 0 saturated carbocycles. The first-order valence-corrected chi connectivity index (χ1v) is 11.2. The lowest BCUT2D eigenvalue weighted by Gasteiger charge is -2.43. The fourth-order valence-electron chi connectivity index (χ4n) is 4.14. The van der Waals surface area contributed by atoms with Crippen LogP contribution in [0.5, 0.6) is 0 Å². The number of rotatable bonds is 6. The molecule has 9 heteroatoms. The molecule has 1 aliphatic rings. The normalized spacial score (nSPS) is 16.7. The molecule has 34 heavy (non-hydrogen) atoms. The van der Waals surface area contributed by atoms with Crippen LogP contribution in [0.2, 0.25) is 0 Å². The number of carbonyl (C=O) groups is 3. The summed E-state index contributed by atoms with van der Waals surface area (Å²) >= 11 is 0. The van der Waals surface area contributed by atoms with Gasteiger partial charge in [0.2, 0.25) is 11.8 Å². The zero-order valence-electron chi connectivity index (χ0n) is 19.4. The summed E-state index contributed by atoms with van der Waals surface area (Å²) in [5.74, 6) is -1.71. The summed E-state index contributed by atoms with van der Waals surface area (Å²) in [5.41, 5.74) is 6.56. The van der Waals surface area contributed by atoms with Gasteiger partial charge in [0.1, 0.15) is 17.9 Å². The molecule has 0 bridgehead atoms. The van der Waals surface area contributed by atoms with Crippen LogP contribution >= 0.6 is 0 Å². The van der Waals surface area contributed by atoms with Crippen LogP contribution in [0.4, 0.5) is 4.39 Å². The van der Waals surface area contributed by atoms with Gasteiger partial charge in [-0.25, -0.2) is 4.39 Å². The Morgan fingerprint density at radius 2 is 1.82 bits per heavy atom. The lowest BCUT2D eigenvalue weighted by molar-refractivity contribution is -0.149. The highest BCUT2D eigenvalue weighted by atomic mass is 19.1. The second-order valence-electron chi connectivity index (χ2n) is 9.66. The zero-order chi connectivity index (χ0) is 24.6. The lowest BCUT2D eigenvalue weighted by Crippen LogP contribution is -2.64. The van der Waals surface area contributed by atoms with Gasteiger partial charge in [-0.2, -0.15) is 5.10 Å². The Morgan fingerprint density at radius 3 is 2.41 bits per heavy atom. The summed E-state index contributed by atoms with van der Waals surface area (Å²) in [5, 5.41) is 8.03. The molecular formula is C25H28FN5O3. The number of nitrogens with zero attached hydrogens (tertiary/aromatic N) is 3. The van der Waals surface area contributed by atoms with E-state index in [0.29, 0.717) is 24.9 Å². The molecule has 8 nitrogen and oxygen atoms in total. The van der Waals surface area contributed by atoms with Crippen LogP contribution in [0.25, 0.3) is 10.9 Å².